The van der Waals surface area contributed by atoms with Crippen LogP contribution in [0.25, 0.3) is 0 Å². The molecule has 0 saturated carbocycles. The van der Waals surface area contributed by atoms with Gasteiger partial charge in [-0.2, -0.15) is 5.10 Å². The van der Waals surface area contributed by atoms with Gasteiger partial charge in [0, 0.05) is 10.0 Å². The Labute approximate surface area is 135 Å². The van der Waals surface area contributed by atoms with Crippen molar-refractivity contribution in [3.63, 3.8) is 0 Å². The van der Waals surface area contributed by atoms with Crippen LogP contribution in [0.15, 0.2) is 57.9 Å². The van der Waals surface area contributed by atoms with Gasteiger partial charge in [0.05, 0.1) is 11.1 Å². The summed E-state index contributed by atoms with van der Waals surface area (Å²) in [5.74, 6) is 0.487. The van der Waals surface area contributed by atoms with Crippen molar-refractivity contribution in [2.45, 2.75) is 0 Å². The van der Waals surface area contributed by atoms with E-state index in [0.717, 1.165) is 10.0 Å². The Morgan fingerprint density at radius 1 is 1.48 bits per heavy atom. The van der Waals surface area contributed by atoms with Crippen LogP contribution in [0.5, 0.6) is 5.75 Å². The number of hydrogen-bond donors (Lipinski definition) is 1. The summed E-state index contributed by atoms with van der Waals surface area (Å²) in [4.78, 5) is 12.3. The molecule has 0 atom stereocenters. The average molecular weight is 365 g/mol. The van der Waals surface area contributed by atoms with Crippen molar-refractivity contribution < 1.29 is 9.53 Å². The fourth-order valence-corrected chi connectivity index (χ4v) is 2.45. The summed E-state index contributed by atoms with van der Waals surface area (Å²) in [6, 6.07) is 9.10. The lowest BCUT2D eigenvalue weighted by Gasteiger charge is -2.05. The first-order chi connectivity index (χ1) is 10.2. The number of rotatable bonds is 6. The Hall–Kier alpha value is -1.92. The molecule has 0 aliphatic heterocycles. The van der Waals surface area contributed by atoms with Crippen LogP contribution in [0, 0.1) is 0 Å². The lowest BCUT2D eigenvalue weighted by Crippen LogP contribution is -2.16. The third-order valence-corrected chi connectivity index (χ3v) is 4.04. The number of ether oxygens (including phenoxy) is 1. The van der Waals surface area contributed by atoms with Crippen molar-refractivity contribution in [3.8, 4) is 5.75 Å². The summed E-state index contributed by atoms with van der Waals surface area (Å²) in [7, 11) is 0. The van der Waals surface area contributed by atoms with Gasteiger partial charge in [0.25, 0.3) is 5.91 Å². The van der Waals surface area contributed by atoms with Gasteiger partial charge in [-0.3, -0.25) is 4.79 Å². The highest BCUT2D eigenvalue weighted by Gasteiger charge is 2.04. The molecule has 0 aliphatic rings. The van der Waals surface area contributed by atoms with E-state index in [-0.39, 0.29) is 5.91 Å². The van der Waals surface area contributed by atoms with Gasteiger partial charge < -0.3 is 4.74 Å². The molecule has 1 N–H and O–H groups in total. The molecule has 0 bridgehead atoms. The van der Waals surface area contributed by atoms with E-state index >= 15 is 0 Å². The van der Waals surface area contributed by atoms with Crippen LogP contribution in [0.4, 0.5) is 0 Å². The molecule has 2 aromatic rings. The molecular formula is C15H13BrN2O2S. The minimum Gasteiger partial charge on any atom is -0.490 e. The topological polar surface area (TPSA) is 50.7 Å². The maximum Gasteiger partial charge on any atom is 0.281 e. The van der Waals surface area contributed by atoms with E-state index in [4.69, 9.17) is 4.74 Å². The largest absolute Gasteiger partial charge is 0.490 e. The van der Waals surface area contributed by atoms with Gasteiger partial charge in [-0.25, -0.2) is 5.43 Å². The van der Waals surface area contributed by atoms with Gasteiger partial charge in [0.2, 0.25) is 0 Å². The number of thiophene rings is 1. The summed E-state index contributed by atoms with van der Waals surface area (Å²) in [5, 5.41) is 5.80. The molecule has 1 heterocycles. The van der Waals surface area contributed by atoms with Gasteiger partial charge in [0.1, 0.15) is 12.4 Å². The standard InChI is InChI=1S/C15H13BrN2O2S/c1-2-7-20-12-5-6-13(16)11(9-12)10-17-18-15(19)14-4-3-8-21-14/h2-6,8-10H,1,7H2,(H,18,19)/b17-10+. The van der Waals surface area contributed by atoms with Crippen molar-refractivity contribution in [1.82, 2.24) is 5.43 Å². The van der Waals surface area contributed by atoms with E-state index in [0.29, 0.717) is 17.2 Å². The third kappa shape index (κ3) is 4.54. The summed E-state index contributed by atoms with van der Waals surface area (Å²) in [6.07, 6.45) is 3.24. The molecule has 0 fully saturated rings. The second-order valence-corrected chi connectivity index (χ2v) is 5.76. The van der Waals surface area contributed by atoms with Crippen molar-refractivity contribution in [2.24, 2.45) is 5.10 Å². The Balaban J connectivity index is 2.02. The second kappa shape index (κ2) is 7.75. The fourth-order valence-electron chi connectivity index (χ4n) is 1.49. The van der Waals surface area contributed by atoms with Crippen LogP contribution in [-0.4, -0.2) is 18.7 Å². The van der Waals surface area contributed by atoms with E-state index in [1.807, 2.05) is 29.6 Å². The highest BCUT2D eigenvalue weighted by atomic mass is 79.9. The molecule has 0 spiro atoms. The zero-order valence-corrected chi connectivity index (χ0v) is 13.5. The molecule has 0 aliphatic carbocycles. The first-order valence-corrected chi connectivity index (χ1v) is 7.78. The SMILES string of the molecule is C=CCOc1ccc(Br)c(/C=N/NC(=O)c2cccs2)c1. The first kappa shape index (κ1) is 15.5. The number of halogens is 1. The molecule has 0 unspecified atom stereocenters. The van der Waals surface area contributed by atoms with Crippen molar-refractivity contribution in [1.29, 1.82) is 0 Å². The van der Waals surface area contributed by atoms with Gasteiger partial charge >= 0.3 is 0 Å². The van der Waals surface area contributed by atoms with Crippen molar-refractivity contribution in [2.75, 3.05) is 6.61 Å². The second-order valence-electron chi connectivity index (χ2n) is 3.96. The van der Waals surface area contributed by atoms with Crippen LogP contribution in [0.2, 0.25) is 0 Å². The molecule has 1 aromatic heterocycles. The summed E-state index contributed by atoms with van der Waals surface area (Å²) in [6.45, 7) is 4.04. The minimum atomic E-state index is -0.226. The first-order valence-electron chi connectivity index (χ1n) is 6.11. The molecule has 1 aromatic carbocycles. The predicted molar refractivity (Wildman–Crippen MR) is 89.2 cm³/mol. The minimum absolute atomic E-state index is 0.226. The number of amides is 1. The maximum atomic E-state index is 11.7. The number of hydrogen-bond acceptors (Lipinski definition) is 4. The van der Waals surface area contributed by atoms with E-state index in [2.05, 4.69) is 33.0 Å². The quantitative estimate of drug-likeness (QED) is 0.480. The molecule has 2 rings (SSSR count). The number of nitrogens with zero attached hydrogens (tertiary/aromatic N) is 1. The van der Waals surface area contributed by atoms with Crippen LogP contribution in [0.3, 0.4) is 0 Å². The van der Waals surface area contributed by atoms with Gasteiger partial charge in [-0.15, -0.1) is 11.3 Å². The van der Waals surface area contributed by atoms with Crippen molar-refractivity contribution >= 4 is 39.4 Å². The zero-order chi connectivity index (χ0) is 15.1. The molecule has 1 amide bonds. The fraction of sp³-hybridized carbons (Fsp3) is 0.0667. The summed E-state index contributed by atoms with van der Waals surface area (Å²) >= 11 is 4.79. The molecule has 21 heavy (non-hydrogen) atoms. The molecule has 108 valence electrons. The Morgan fingerprint density at radius 2 is 2.33 bits per heavy atom. The third-order valence-electron chi connectivity index (χ3n) is 2.45. The lowest BCUT2D eigenvalue weighted by atomic mass is 10.2. The van der Waals surface area contributed by atoms with E-state index in [1.54, 1.807) is 18.4 Å². The van der Waals surface area contributed by atoms with E-state index < -0.39 is 0 Å². The smallest absolute Gasteiger partial charge is 0.281 e. The number of carbonyl (C=O) groups is 1. The van der Waals surface area contributed by atoms with Crippen LogP contribution in [0.1, 0.15) is 15.2 Å². The predicted octanol–water partition coefficient (Wildman–Crippen LogP) is 3.84. The van der Waals surface area contributed by atoms with Crippen LogP contribution in [-0.2, 0) is 0 Å². The van der Waals surface area contributed by atoms with Crippen molar-refractivity contribution in [3.05, 3.63) is 63.3 Å². The van der Waals surface area contributed by atoms with Crippen LogP contribution >= 0.6 is 27.3 Å². The van der Waals surface area contributed by atoms with Gasteiger partial charge in [-0.1, -0.05) is 34.7 Å². The van der Waals surface area contributed by atoms with Gasteiger partial charge in [0.15, 0.2) is 0 Å². The Morgan fingerprint density at radius 3 is 3.05 bits per heavy atom. The Kier molecular flexibility index (Phi) is 5.71. The molecular weight excluding hydrogens is 352 g/mol. The summed E-state index contributed by atoms with van der Waals surface area (Å²) in [5.41, 5.74) is 3.29. The number of benzene rings is 1. The maximum absolute atomic E-state index is 11.7. The van der Waals surface area contributed by atoms with Crippen LogP contribution < -0.4 is 10.2 Å². The molecule has 6 heteroatoms. The molecule has 4 nitrogen and oxygen atoms in total. The summed E-state index contributed by atoms with van der Waals surface area (Å²) < 4.78 is 6.31. The monoisotopic (exact) mass is 364 g/mol. The highest BCUT2D eigenvalue weighted by molar-refractivity contribution is 9.10. The van der Waals surface area contributed by atoms with E-state index in [1.165, 1.54) is 11.3 Å². The number of carbonyl (C=O) groups excluding carboxylic acids is 1. The highest BCUT2D eigenvalue weighted by Crippen LogP contribution is 2.21. The number of hydrazone groups is 1. The molecule has 0 saturated heterocycles. The normalized spacial score (nSPS) is 10.5. The molecule has 0 radical (unpaired) electrons. The lowest BCUT2D eigenvalue weighted by molar-refractivity contribution is 0.0959. The number of nitrogens with one attached hydrogen (secondary N) is 1. The van der Waals surface area contributed by atoms with E-state index in [9.17, 15) is 4.79 Å². The van der Waals surface area contributed by atoms with Gasteiger partial charge in [-0.05, 0) is 29.6 Å². The zero-order valence-electron chi connectivity index (χ0n) is 11.1. The Bertz CT molecular complexity index is 654. The average Bonchev–Trinajstić information content (AvgIpc) is 3.02.